The van der Waals surface area contributed by atoms with Gasteiger partial charge in [-0.3, -0.25) is 4.79 Å². The number of ether oxygens (including phenoxy) is 1. The molecule has 0 spiro atoms. The van der Waals surface area contributed by atoms with Crippen LogP contribution in [0.5, 0.6) is 0 Å². The Morgan fingerprint density at radius 3 is 2.62 bits per heavy atom. The highest BCUT2D eigenvalue weighted by Gasteiger charge is 2.66. The molecule has 132 valence electrons. The van der Waals surface area contributed by atoms with Gasteiger partial charge in [-0.2, -0.15) is 0 Å². The molecule has 1 fully saturated rings. The van der Waals surface area contributed by atoms with Crippen LogP contribution in [0.15, 0.2) is 24.3 Å². The summed E-state index contributed by atoms with van der Waals surface area (Å²) in [5.74, 6) is -2.60. The molecule has 24 heavy (non-hydrogen) atoms. The third kappa shape index (κ3) is 2.90. The molecule has 2 rings (SSSR count). The Balaban J connectivity index is 2.20. The maximum absolute atomic E-state index is 13.4. The standard InChI is InChI=1S/C18H24FNO4/c1-5-24-14-10-18(16(22)23,17(14,3)4)20-15(21)11(2)12-7-6-8-13(19)9-12/h6-9,11,14H,5,10H2,1-4H3,(H,20,21)(H,22,23). The van der Waals surface area contributed by atoms with E-state index in [0.29, 0.717) is 12.2 Å². The lowest BCUT2D eigenvalue weighted by Gasteiger charge is -2.58. The third-order valence-corrected chi connectivity index (χ3v) is 5.21. The molecule has 0 saturated heterocycles. The van der Waals surface area contributed by atoms with E-state index < -0.39 is 34.6 Å². The fourth-order valence-electron chi connectivity index (χ4n) is 3.28. The second-order valence-corrected chi connectivity index (χ2v) is 6.85. The number of carboxylic acid groups (broad SMARTS) is 1. The van der Waals surface area contributed by atoms with Crippen LogP contribution in [0.3, 0.4) is 0 Å². The molecule has 2 N–H and O–H groups in total. The first-order valence-electron chi connectivity index (χ1n) is 8.08. The third-order valence-electron chi connectivity index (χ3n) is 5.21. The van der Waals surface area contributed by atoms with Crippen LogP contribution in [0.2, 0.25) is 0 Å². The molecule has 1 aromatic carbocycles. The van der Waals surface area contributed by atoms with Crippen LogP contribution in [-0.4, -0.2) is 35.2 Å². The van der Waals surface area contributed by atoms with E-state index >= 15 is 0 Å². The Labute approximate surface area is 141 Å². The fourth-order valence-corrected chi connectivity index (χ4v) is 3.28. The number of carbonyl (C=O) groups excluding carboxylic acids is 1. The summed E-state index contributed by atoms with van der Waals surface area (Å²) in [6.45, 7) is 7.51. The van der Waals surface area contributed by atoms with Crippen molar-refractivity contribution in [2.75, 3.05) is 6.61 Å². The molecule has 0 aromatic heterocycles. The number of benzene rings is 1. The van der Waals surface area contributed by atoms with E-state index in [-0.39, 0.29) is 12.5 Å². The molecule has 3 unspecified atom stereocenters. The Morgan fingerprint density at radius 1 is 1.46 bits per heavy atom. The Bertz CT molecular complexity index is 646. The minimum atomic E-state index is -1.38. The number of hydrogen-bond donors (Lipinski definition) is 2. The highest BCUT2D eigenvalue weighted by Crippen LogP contribution is 2.51. The molecule has 0 bridgehead atoms. The van der Waals surface area contributed by atoms with Gasteiger partial charge in [0.2, 0.25) is 5.91 Å². The summed E-state index contributed by atoms with van der Waals surface area (Å²) in [5.41, 5.74) is -1.62. The van der Waals surface area contributed by atoms with Gasteiger partial charge in [0.1, 0.15) is 11.4 Å². The summed E-state index contributed by atoms with van der Waals surface area (Å²) in [7, 11) is 0. The smallest absolute Gasteiger partial charge is 0.330 e. The van der Waals surface area contributed by atoms with Crippen molar-refractivity contribution in [3.8, 4) is 0 Å². The first-order valence-corrected chi connectivity index (χ1v) is 8.08. The molecule has 1 aliphatic carbocycles. The number of nitrogens with one attached hydrogen (secondary N) is 1. The Hall–Kier alpha value is -1.95. The second-order valence-electron chi connectivity index (χ2n) is 6.85. The Morgan fingerprint density at radius 2 is 2.12 bits per heavy atom. The largest absolute Gasteiger partial charge is 0.479 e. The molecule has 0 heterocycles. The van der Waals surface area contributed by atoms with Crippen LogP contribution < -0.4 is 5.32 Å². The van der Waals surface area contributed by atoms with Gasteiger partial charge in [-0.15, -0.1) is 0 Å². The van der Waals surface area contributed by atoms with Gasteiger partial charge >= 0.3 is 5.97 Å². The SMILES string of the molecule is CCOC1CC(NC(=O)C(C)c2cccc(F)c2)(C(=O)O)C1(C)C. The van der Waals surface area contributed by atoms with Crippen molar-refractivity contribution in [3.05, 3.63) is 35.6 Å². The van der Waals surface area contributed by atoms with Crippen LogP contribution in [0.1, 0.15) is 45.6 Å². The predicted molar refractivity (Wildman–Crippen MR) is 87.1 cm³/mol. The van der Waals surface area contributed by atoms with Gasteiger partial charge in [0.05, 0.1) is 12.0 Å². The van der Waals surface area contributed by atoms with E-state index in [1.165, 1.54) is 18.2 Å². The molecular formula is C18H24FNO4. The van der Waals surface area contributed by atoms with E-state index in [1.807, 2.05) is 6.92 Å². The van der Waals surface area contributed by atoms with Crippen LogP contribution in [0.4, 0.5) is 4.39 Å². The Kier molecular flexibility index (Phi) is 4.99. The summed E-state index contributed by atoms with van der Waals surface area (Å²) >= 11 is 0. The molecule has 1 amide bonds. The van der Waals surface area contributed by atoms with Gasteiger partial charge in [-0.1, -0.05) is 26.0 Å². The molecule has 0 aliphatic heterocycles. The average Bonchev–Trinajstić information content (AvgIpc) is 2.52. The fraction of sp³-hybridized carbons (Fsp3) is 0.556. The van der Waals surface area contributed by atoms with Crippen LogP contribution >= 0.6 is 0 Å². The number of halogens is 1. The van der Waals surface area contributed by atoms with E-state index in [4.69, 9.17) is 4.74 Å². The van der Waals surface area contributed by atoms with Crippen molar-refractivity contribution in [2.24, 2.45) is 5.41 Å². The van der Waals surface area contributed by atoms with E-state index in [0.717, 1.165) is 0 Å². The normalized spacial score (nSPS) is 26.3. The average molecular weight is 337 g/mol. The highest BCUT2D eigenvalue weighted by molar-refractivity contribution is 5.92. The molecule has 1 aromatic rings. The molecule has 5 nitrogen and oxygen atoms in total. The molecule has 0 radical (unpaired) electrons. The number of amides is 1. The second kappa shape index (κ2) is 6.51. The van der Waals surface area contributed by atoms with Crippen molar-refractivity contribution < 1.29 is 23.8 Å². The van der Waals surface area contributed by atoms with Gasteiger partial charge in [0.15, 0.2) is 0 Å². The molecular weight excluding hydrogens is 313 g/mol. The zero-order valence-electron chi connectivity index (χ0n) is 14.4. The van der Waals surface area contributed by atoms with Gasteiger partial charge in [-0.25, -0.2) is 9.18 Å². The summed E-state index contributed by atoms with van der Waals surface area (Å²) in [6, 6.07) is 5.76. The zero-order valence-corrected chi connectivity index (χ0v) is 14.4. The minimum absolute atomic E-state index is 0.213. The number of carbonyl (C=O) groups is 2. The van der Waals surface area contributed by atoms with Crippen molar-refractivity contribution >= 4 is 11.9 Å². The van der Waals surface area contributed by atoms with Gasteiger partial charge in [-0.05, 0) is 31.5 Å². The first kappa shape index (κ1) is 18.4. The monoisotopic (exact) mass is 337 g/mol. The van der Waals surface area contributed by atoms with Crippen LogP contribution in [0.25, 0.3) is 0 Å². The lowest BCUT2D eigenvalue weighted by molar-refractivity contribution is -0.194. The van der Waals surface area contributed by atoms with Crippen LogP contribution in [-0.2, 0) is 14.3 Å². The van der Waals surface area contributed by atoms with Gasteiger partial charge in [0.25, 0.3) is 0 Å². The number of aliphatic carboxylic acids is 1. The maximum atomic E-state index is 13.4. The summed E-state index contributed by atoms with van der Waals surface area (Å²) in [5, 5.41) is 12.4. The highest BCUT2D eigenvalue weighted by atomic mass is 19.1. The topological polar surface area (TPSA) is 75.6 Å². The van der Waals surface area contributed by atoms with Crippen molar-refractivity contribution in [1.29, 1.82) is 0 Å². The summed E-state index contributed by atoms with van der Waals surface area (Å²) in [4.78, 5) is 24.5. The van der Waals surface area contributed by atoms with E-state index in [2.05, 4.69) is 5.32 Å². The van der Waals surface area contributed by atoms with Crippen molar-refractivity contribution in [2.45, 2.75) is 51.7 Å². The maximum Gasteiger partial charge on any atom is 0.330 e. The van der Waals surface area contributed by atoms with Gasteiger partial charge < -0.3 is 15.2 Å². The first-order chi connectivity index (χ1) is 11.2. The number of rotatable bonds is 6. The lowest BCUT2D eigenvalue weighted by atomic mass is 9.54. The van der Waals surface area contributed by atoms with Crippen molar-refractivity contribution in [3.63, 3.8) is 0 Å². The van der Waals surface area contributed by atoms with Gasteiger partial charge in [0, 0.05) is 18.4 Å². The molecule has 1 aliphatic rings. The quantitative estimate of drug-likeness (QED) is 0.837. The summed E-state index contributed by atoms with van der Waals surface area (Å²) < 4.78 is 18.9. The van der Waals surface area contributed by atoms with Crippen LogP contribution in [0, 0.1) is 11.2 Å². The summed E-state index contributed by atoms with van der Waals surface area (Å²) in [6.07, 6.45) is -0.0199. The predicted octanol–water partition coefficient (Wildman–Crippen LogP) is 2.70. The lowest BCUT2D eigenvalue weighted by Crippen LogP contribution is -2.76. The van der Waals surface area contributed by atoms with Crippen molar-refractivity contribution in [1.82, 2.24) is 5.32 Å². The molecule has 3 atom stereocenters. The number of hydrogen-bond acceptors (Lipinski definition) is 3. The minimum Gasteiger partial charge on any atom is -0.479 e. The molecule has 6 heteroatoms. The van der Waals surface area contributed by atoms with E-state index in [9.17, 15) is 19.1 Å². The zero-order chi connectivity index (χ0) is 18.1. The number of carboxylic acids is 1. The van der Waals surface area contributed by atoms with E-state index in [1.54, 1.807) is 26.8 Å². The molecule has 1 saturated carbocycles.